The molecule has 0 saturated heterocycles. The molecular formula is C20H24N2O3. The van der Waals surface area contributed by atoms with Gasteiger partial charge in [0, 0.05) is 11.3 Å². The smallest absolute Gasteiger partial charge is 0.251 e. The fourth-order valence-corrected chi connectivity index (χ4v) is 2.36. The summed E-state index contributed by atoms with van der Waals surface area (Å²) in [6.07, 6.45) is 0. The van der Waals surface area contributed by atoms with Gasteiger partial charge in [-0.15, -0.1) is 0 Å². The van der Waals surface area contributed by atoms with Crippen LogP contribution in [0.1, 0.15) is 29.8 Å². The number of carbonyl (C=O) groups is 2. The molecule has 2 amide bonds. The fraction of sp³-hybridized carbons (Fsp3) is 0.300. The lowest BCUT2D eigenvalue weighted by molar-refractivity contribution is -0.118. The van der Waals surface area contributed by atoms with Crippen LogP contribution in [0.5, 0.6) is 5.75 Å². The molecule has 2 aromatic carbocycles. The Morgan fingerprint density at radius 2 is 1.56 bits per heavy atom. The maximum atomic E-state index is 12.6. The van der Waals surface area contributed by atoms with E-state index >= 15 is 0 Å². The number of rotatable bonds is 6. The summed E-state index contributed by atoms with van der Waals surface area (Å²) in [5.74, 6) is 0.155. The lowest BCUT2D eigenvalue weighted by Gasteiger charge is -2.22. The summed E-state index contributed by atoms with van der Waals surface area (Å²) in [5.41, 5.74) is 2.27. The van der Waals surface area contributed by atoms with Crippen LogP contribution in [-0.2, 0) is 4.79 Å². The molecule has 0 fully saturated rings. The molecule has 0 aliphatic rings. The second-order valence-corrected chi connectivity index (χ2v) is 6.28. The van der Waals surface area contributed by atoms with Gasteiger partial charge in [-0.2, -0.15) is 0 Å². The third-order valence-electron chi connectivity index (χ3n) is 3.91. The number of hydrogen-bond donors (Lipinski definition) is 2. The minimum Gasteiger partial charge on any atom is -0.497 e. The summed E-state index contributed by atoms with van der Waals surface area (Å²) in [5, 5.41) is 5.65. The van der Waals surface area contributed by atoms with Crippen LogP contribution in [0, 0.1) is 12.8 Å². The van der Waals surface area contributed by atoms with Crippen LogP contribution in [0.15, 0.2) is 48.5 Å². The standard InChI is InChI=1S/C20H24N2O3/c1-13(2)18(22-19(23)15-7-5-14(3)6-8-15)20(24)21-16-9-11-17(25-4)12-10-16/h5-13,18H,1-4H3,(H,21,24)(H,22,23)/t18-/m0/s1. The maximum Gasteiger partial charge on any atom is 0.251 e. The second-order valence-electron chi connectivity index (χ2n) is 6.28. The Balaban J connectivity index is 2.06. The van der Waals surface area contributed by atoms with E-state index in [1.807, 2.05) is 32.9 Å². The second kappa shape index (κ2) is 8.33. The molecule has 0 aliphatic carbocycles. The minimum atomic E-state index is -0.629. The van der Waals surface area contributed by atoms with E-state index in [2.05, 4.69) is 10.6 Å². The molecule has 0 saturated carbocycles. The van der Waals surface area contributed by atoms with Crippen LogP contribution in [0.3, 0.4) is 0 Å². The predicted molar refractivity (Wildman–Crippen MR) is 98.9 cm³/mol. The van der Waals surface area contributed by atoms with Gasteiger partial charge in [-0.3, -0.25) is 9.59 Å². The maximum absolute atomic E-state index is 12.6. The van der Waals surface area contributed by atoms with E-state index in [9.17, 15) is 9.59 Å². The van der Waals surface area contributed by atoms with Gasteiger partial charge >= 0.3 is 0 Å². The van der Waals surface area contributed by atoms with Crippen molar-refractivity contribution in [2.75, 3.05) is 12.4 Å². The highest BCUT2D eigenvalue weighted by Gasteiger charge is 2.24. The topological polar surface area (TPSA) is 67.4 Å². The first kappa shape index (κ1) is 18.5. The Morgan fingerprint density at radius 3 is 2.08 bits per heavy atom. The molecule has 0 aromatic heterocycles. The summed E-state index contributed by atoms with van der Waals surface area (Å²) in [7, 11) is 1.59. The van der Waals surface area contributed by atoms with Gasteiger partial charge in [0.15, 0.2) is 0 Å². The van der Waals surface area contributed by atoms with Crippen molar-refractivity contribution < 1.29 is 14.3 Å². The quantitative estimate of drug-likeness (QED) is 0.847. The Hall–Kier alpha value is -2.82. The number of aryl methyl sites for hydroxylation is 1. The molecule has 0 radical (unpaired) electrons. The zero-order valence-corrected chi connectivity index (χ0v) is 15.0. The van der Waals surface area contributed by atoms with E-state index in [4.69, 9.17) is 4.74 Å². The summed E-state index contributed by atoms with van der Waals surface area (Å²) in [6, 6.07) is 13.7. The van der Waals surface area contributed by atoms with Crippen LogP contribution in [0.25, 0.3) is 0 Å². The average molecular weight is 340 g/mol. The van der Waals surface area contributed by atoms with Crippen molar-refractivity contribution in [3.05, 3.63) is 59.7 Å². The normalized spacial score (nSPS) is 11.7. The van der Waals surface area contributed by atoms with Crippen molar-refractivity contribution in [2.24, 2.45) is 5.92 Å². The van der Waals surface area contributed by atoms with Crippen molar-refractivity contribution in [3.63, 3.8) is 0 Å². The molecule has 0 spiro atoms. The zero-order valence-electron chi connectivity index (χ0n) is 15.0. The molecule has 1 atom stereocenters. The van der Waals surface area contributed by atoms with E-state index in [-0.39, 0.29) is 17.7 Å². The van der Waals surface area contributed by atoms with Gasteiger partial charge in [-0.1, -0.05) is 31.5 Å². The lowest BCUT2D eigenvalue weighted by atomic mass is 10.0. The first-order chi connectivity index (χ1) is 11.9. The van der Waals surface area contributed by atoms with Crippen LogP contribution in [0.2, 0.25) is 0 Å². The number of benzene rings is 2. The van der Waals surface area contributed by atoms with Crippen molar-refractivity contribution in [3.8, 4) is 5.75 Å². The molecular weight excluding hydrogens is 316 g/mol. The summed E-state index contributed by atoms with van der Waals surface area (Å²) in [6.45, 7) is 5.75. The van der Waals surface area contributed by atoms with Crippen molar-refractivity contribution in [2.45, 2.75) is 26.8 Å². The number of carbonyl (C=O) groups excluding carboxylic acids is 2. The largest absolute Gasteiger partial charge is 0.497 e. The number of amides is 2. The first-order valence-corrected chi connectivity index (χ1v) is 8.23. The Morgan fingerprint density at radius 1 is 0.960 bits per heavy atom. The number of ether oxygens (including phenoxy) is 1. The van der Waals surface area contributed by atoms with Gasteiger partial charge in [-0.25, -0.2) is 0 Å². The highest BCUT2D eigenvalue weighted by Crippen LogP contribution is 2.16. The highest BCUT2D eigenvalue weighted by atomic mass is 16.5. The zero-order chi connectivity index (χ0) is 18.4. The Kier molecular flexibility index (Phi) is 6.17. The molecule has 0 unspecified atom stereocenters. The molecule has 25 heavy (non-hydrogen) atoms. The minimum absolute atomic E-state index is 0.0485. The Labute approximate surface area is 148 Å². The van der Waals surface area contributed by atoms with Gasteiger partial charge in [0.2, 0.25) is 5.91 Å². The summed E-state index contributed by atoms with van der Waals surface area (Å²) < 4.78 is 5.10. The van der Waals surface area contributed by atoms with Gasteiger partial charge in [0.1, 0.15) is 11.8 Å². The average Bonchev–Trinajstić information content (AvgIpc) is 2.60. The van der Waals surface area contributed by atoms with E-state index in [0.717, 1.165) is 5.56 Å². The summed E-state index contributed by atoms with van der Waals surface area (Å²) in [4.78, 5) is 25.0. The van der Waals surface area contributed by atoms with Crippen LogP contribution in [0.4, 0.5) is 5.69 Å². The molecule has 5 heteroatoms. The number of nitrogens with one attached hydrogen (secondary N) is 2. The van der Waals surface area contributed by atoms with E-state index in [1.54, 1.807) is 43.5 Å². The van der Waals surface area contributed by atoms with E-state index in [0.29, 0.717) is 17.0 Å². The van der Waals surface area contributed by atoms with Gasteiger partial charge < -0.3 is 15.4 Å². The molecule has 2 aromatic rings. The molecule has 0 bridgehead atoms. The molecule has 0 aliphatic heterocycles. The SMILES string of the molecule is COc1ccc(NC(=O)[C@@H](NC(=O)c2ccc(C)cc2)C(C)C)cc1. The van der Waals surface area contributed by atoms with Gasteiger partial charge in [0.05, 0.1) is 7.11 Å². The molecule has 5 nitrogen and oxygen atoms in total. The predicted octanol–water partition coefficient (Wildman–Crippen LogP) is 3.40. The highest BCUT2D eigenvalue weighted by molar-refractivity contribution is 6.01. The number of methoxy groups -OCH3 is 1. The molecule has 2 N–H and O–H groups in total. The summed E-state index contributed by atoms with van der Waals surface area (Å²) >= 11 is 0. The third kappa shape index (κ3) is 5.08. The third-order valence-corrected chi connectivity index (χ3v) is 3.91. The first-order valence-electron chi connectivity index (χ1n) is 8.23. The monoisotopic (exact) mass is 340 g/mol. The van der Waals surface area contributed by atoms with Crippen LogP contribution < -0.4 is 15.4 Å². The van der Waals surface area contributed by atoms with Crippen LogP contribution >= 0.6 is 0 Å². The van der Waals surface area contributed by atoms with E-state index < -0.39 is 6.04 Å². The van der Waals surface area contributed by atoms with Crippen molar-refractivity contribution in [1.82, 2.24) is 5.32 Å². The molecule has 132 valence electrons. The van der Waals surface area contributed by atoms with Crippen molar-refractivity contribution in [1.29, 1.82) is 0 Å². The van der Waals surface area contributed by atoms with E-state index in [1.165, 1.54) is 0 Å². The number of anilines is 1. The van der Waals surface area contributed by atoms with Gasteiger partial charge in [-0.05, 0) is 49.2 Å². The fourth-order valence-electron chi connectivity index (χ4n) is 2.36. The van der Waals surface area contributed by atoms with Gasteiger partial charge in [0.25, 0.3) is 5.91 Å². The molecule has 2 rings (SSSR count). The number of hydrogen-bond acceptors (Lipinski definition) is 3. The van der Waals surface area contributed by atoms with Crippen molar-refractivity contribution >= 4 is 17.5 Å². The molecule has 0 heterocycles. The van der Waals surface area contributed by atoms with Crippen LogP contribution in [-0.4, -0.2) is 25.0 Å². The lowest BCUT2D eigenvalue weighted by Crippen LogP contribution is -2.47. The Bertz CT molecular complexity index is 722.